The Balaban J connectivity index is 1.54. The summed E-state index contributed by atoms with van der Waals surface area (Å²) in [7, 11) is 0. The van der Waals surface area contributed by atoms with E-state index in [1.165, 1.54) is 18.2 Å². The van der Waals surface area contributed by atoms with Crippen molar-refractivity contribution < 1.29 is 22.7 Å². The summed E-state index contributed by atoms with van der Waals surface area (Å²) in [5, 5.41) is 2.60. The number of ether oxygens (including phenoxy) is 1. The van der Waals surface area contributed by atoms with E-state index in [1.54, 1.807) is 6.07 Å². The molecule has 0 saturated heterocycles. The van der Waals surface area contributed by atoms with Gasteiger partial charge in [0, 0.05) is 24.9 Å². The maximum Gasteiger partial charge on any atom is 0.573 e. The Morgan fingerprint density at radius 2 is 1.85 bits per heavy atom. The van der Waals surface area contributed by atoms with E-state index >= 15 is 0 Å². The minimum absolute atomic E-state index is 0.0504. The molecule has 0 bridgehead atoms. The Morgan fingerprint density at radius 1 is 1.12 bits per heavy atom. The molecular weight excluding hydrogens is 347 g/mol. The molecule has 0 unspecified atom stereocenters. The molecule has 2 N–H and O–H groups in total. The molecule has 1 heterocycles. The average Bonchev–Trinajstić information content (AvgIpc) is 3.01. The third kappa shape index (κ3) is 4.75. The number of carbonyl (C=O) groups excluding carboxylic acids is 1. The standard InChI is InChI=1S/C18H16F3N3O2/c19-18(20,21)26-15-8-4-1-5-12(15)11-22-17(25)10-9-16-23-13-6-2-3-7-14(13)24-16/h1-8H,9-11H2,(H,22,25)(H,23,24). The van der Waals surface area contributed by atoms with Gasteiger partial charge in [0.2, 0.25) is 5.91 Å². The van der Waals surface area contributed by atoms with Gasteiger partial charge in [0.05, 0.1) is 11.0 Å². The minimum Gasteiger partial charge on any atom is -0.405 e. The monoisotopic (exact) mass is 363 g/mol. The molecule has 1 aromatic heterocycles. The third-order valence-corrected chi connectivity index (χ3v) is 3.70. The molecule has 0 aliphatic carbocycles. The molecule has 5 nitrogen and oxygen atoms in total. The lowest BCUT2D eigenvalue weighted by molar-refractivity contribution is -0.274. The predicted octanol–water partition coefficient (Wildman–Crippen LogP) is 3.71. The molecule has 3 aromatic rings. The molecule has 0 radical (unpaired) electrons. The van der Waals surface area contributed by atoms with Gasteiger partial charge in [0.25, 0.3) is 0 Å². The minimum atomic E-state index is -4.78. The van der Waals surface area contributed by atoms with Crippen LogP contribution in [0.25, 0.3) is 11.0 Å². The van der Waals surface area contributed by atoms with E-state index in [0.29, 0.717) is 12.2 Å². The van der Waals surface area contributed by atoms with Gasteiger partial charge in [-0.25, -0.2) is 4.98 Å². The van der Waals surface area contributed by atoms with Crippen molar-refractivity contribution in [3.8, 4) is 5.75 Å². The number of nitrogens with one attached hydrogen (secondary N) is 2. The Labute approximate surface area is 147 Å². The van der Waals surface area contributed by atoms with Crippen LogP contribution in [0.4, 0.5) is 13.2 Å². The van der Waals surface area contributed by atoms with E-state index in [0.717, 1.165) is 11.0 Å². The summed E-state index contributed by atoms with van der Waals surface area (Å²) >= 11 is 0. The number of imidazole rings is 1. The number of halogens is 3. The molecule has 0 saturated carbocycles. The number of para-hydroxylation sites is 3. The molecule has 0 spiro atoms. The number of rotatable bonds is 6. The number of alkyl halides is 3. The Bertz CT molecular complexity index is 873. The lowest BCUT2D eigenvalue weighted by atomic mass is 10.2. The van der Waals surface area contributed by atoms with Gasteiger partial charge >= 0.3 is 6.36 Å². The van der Waals surface area contributed by atoms with E-state index in [-0.39, 0.29) is 30.2 Å². The second kappa shape index (κ2) is 7.47. The lowest BCUT2D eigenvalue weighted by Crippen LogP contribution is -2.24. The summed E-state index contributed by atoms with van der Waals surface area (Å²) in [5.74, 6) is 0.0759. The fourth-order valence-corrected chi connectivity index (χ4v) is 2.51. The summed E-state index contributed by atoms with van der Waals surface area (Å²) < 4.78 is 41.2. The van der Waals surface area contributed by atoms with Gasteiger partial charge in [0.1, 0.15) is 11.6 Å². The van der Waals surface area contributed by atoms with E-state index in [9.17, 15) is 18.0 Å². The number of hydrogen-bond acceptors (Lipinski definition) is 3. The first kappa shape index (κ1) is 17.8. The van der Waals surface area contributed by atoms with Crippen molar-refractivity contribution in [2.45, 2.75) is 25.7 Å². The van der Waals surface area contributed by atoms with Gasteiger partial charge in [-0.2, -0.15) is 0 Å². The highest BCUT2D eigenvalue weighted by atomic mass is 19.4. The molecule has 136 valence electrons. The zero-order valence-corrected chi connectivity index (χ0v) is 13.6. The molecule has 0 fully saturated rings. The fraction of sp³-hybridized carbons (Fsp3) is 0.222. The van der Waals surface area contributed by atoms with Gasteiger partial charge in [-0.05, 0) is 18.2 Å². The number of carbonyl (C=O) groups is 1. The van der Waals surface area contributed by atoms with Crippen molar-refractivity contribution in [2.75, 3.05) is 0 Å². The molecule has 0 aliphatic heterocycles. The Morgan fingerprint density at radius 3 is 2.62 bits per heavy atom. The number of nitrogens with zero attached hydrogens (tertiary/aromatic N) is 1. The van der Waals surface area contributed by atoms with Crippen LogP contribution < -0.4 is 10.1 Å². The van der Waals surface area contributed by atoms with Crippen LogP contribution >= 0.6 is 0 Å². The van der Waals surface area contributed by atoms with Crippen LogP contribution in [0.3, 0.4) is 0 Å². The Hall–Kier alpha value is -3.03. The number of hydrogen-bond donors (Lipinski definition) is 2. The third-order valence-electron chi connectivity index (χ3n) is 3.70. The van der Waals surface area contributed by atoms with Gasteiger partial charge < -0.3 is 15.0 Å². The van der Waals surface area contributed by atoms with Crippen LogP contribution in [0.2, 0.25) is 0 Å². The van der Waals surface area contributed by atoms with Crippen molar-refractivity contribution >= 4 is 16.9 Å². The van der Waals surface area contributed by atoms with Crippen molar-refractivity contribution in [2.24, 2.45) is 0 Å². The highest BCUT2D eigenvalue weighted by Crippen LogP contribution is 2.26. The molecule has 0 atom stereocenters. The second-order valence-corrected chi connectivity index (χ2v) is 5.63. The van der Waals surface area contributed by atoms with Crippen LogP contribution in [0.5, 0.6) is 5.75 Å². The lowest BCUT2D eigenvalue weighted by Gasteiger charge is -2.13. The number of H-pyrrole nitrogens is 1. The Kier molecular flexibility index (Phi) is 5.11. The molecule has 2 aromatic carbocycles. The smallest absolute Gasteiger partial charge is 0.405 e. The maximum atomic E-state index is 12.4. The average molecular weight is 363 g/mol. The van der Waals surface area contributed by atoms with Crippen LogP contribution in [-0.4, -0.2) is 22.2 Å². The first-order valence-corrected chi connectivity index (χ1v) is 7.95. The second-order valence-electron chi connectivity index (χ2n) is 5.63. The summed E-state index contributed by atoms with van der Waals surface area (Å²) in [4.78, 5) is 19.5. The van der Waals surface area contributed by atoms with Crippen LogP contribution in [-0.2, 0) is 17.8 Å². The summed E-state index contributed by atoms with van der Waals surface area (Å²) in [6, 6.07) is 13.2. The highest BCUT2D eigenvalue weighted by Gasteiger charge is 2.31. The quantitative estimate of drug-likeness (QED) is 0.702. The topological polar surface area (TPSA) is 67.0 Å². The summed E-state index contributed by atoms with van der Waals surface area (Å²) in [6.07, 6.45) is -4.20. The normalized spacial score (nSPS) is 11.5. The zero-order chi connectivity index (χ0) is 18.6. The van der Waals surface area contributed by atoms with E-state index < -0.39 is 6.36 Å². The molecule has 26 heavy (non-hydrogen) atoms. The number of aromatic amines is 1. The van der Waals surface area contributed by atoms with Gasteiger partial charge in [-0.1, -0.05) is 30.3 Å². The SMILES string of the molecule is O=C(CCc1nc2ccccc2[nH]1)NCc1ccccc1OC(F)(F)F. The molecule has 0 aliphatic rings. The van der Waals surface area contributed by atoms with Gasteiger partial charge in [-0.3, -0.25) is 4.79 Å². The fourth-order valence-electron chi connectivity index (χ4n) is 2.51. The first-order valence-electron chi connectivity index (χ1n) is 7.95. The summed E-state index contributed by atoms with van der Waals surface area (Å²) in [6.45, 7) is -0.0504. The van der Waals surface area contributed by atoms with Crippen LogP contribution in [0.1, 0.15) is 17.8 Å². The maximum absolute atomic E-state index is 12.4. The number of aromatic nitrogens is 2. The molecule has 8 heteroatoms. The number of benzene rings is 2. The van der Waals surface area contributed by atoms with Crippen LogP contribution in [0.15, 0.2) is 48.5 Å². The van der Waals surface area contributed by atoms with Gasteiger partial charge in [-0.15, -0.1) is 13.2 Å². The molecular formula is C18H16F3N3O2. The predicted molar refractivity (Wildman–Crippen MR) is 89.4 cm³/mol. The highest BCUT2D eigenvalue weighted by molar-refractivity contribution is 5.77. The first-order chi connectivity index (χ1) is 12.4. The van der Waals surface area contributed by atoms with E-state index in [2.05, 4.69) is 20.0 Å². The van der Waals surface area contributed by atoms with Crippen LogP contribution in [0, 0.1) is 0 Å². The largest absolute Gasteiger partial charge is 0.573 e. The number of fused-ring (bicyclic) bond motifs is 1. The van der Waals surface area contributed by atoms with Crippen molar-refractivity contribution in [1.29, 1.82) is 0 Å². The summed E-state index contributed by atoms with van der Waals surface area (Å²) in [5.41, 5.74) is 1.96. The molecule has 1 amide bonds. The van der Waals surface area contributed by atoms with E-state index in [4.69, 9.17) is 0 Å². The van der Waals surface area contributed by atoms with Crippen molar-refractivity contribution in [1.82, 2.24) is 15.3 Å². The van der Waals surface area contributed by atoms with Gasteiger partial charge in [0.15, 0.2) is 0 Å². The van der Waals surface area contributed by atoms with E-state index in [1.807, 2.05) is 24.3 Å². The molecule has 3 rings (SSSR count). The number of amides is 1. The number of aryl methyl sites for hydroxylation is 1. The zero-order valence-electron chi connectivity index (χ0n) is 13.6. The van der Waals surface area contributed by atoms with Crippen molar-refractivity contribution in [3.05, 3.63) is 59.9 Å². The van der Waals surface area contributed by atoms with Crippen molar-refractivity contribution in [3.63, 3.8) is 0 Å².